The van der Waals surface area contributed by atoms with E-state index in [4.69, 9.17) is 18.8 Å². The predicted octanol–water partition coefficient (Wildman–Crippen LogP) is 11.7. The van der Waals surface area contributed by atoms with Crippen molar-refractivity contribution in [2.75, 3.05) is 4.90 Å². The maximum absolute atomic E-state index is 6.49. The summed E-state index contributed by atoms with van der Waals surface area (Å²) in [5.41, 5.74) is 6.02. The van der Waals surface area contributed by atoms with Gasteiger partial charge in [0.05, 0.1) is 5.69 Å². The molecule has 0 saturated carbocycles. The molecule has 0 bridgehead atoms. The van der Waals surface area contributed by atoms with Gasteiger partial charge in [-0.05, 0) is 93.0 Å². The highest BCUT2D eigenvalue weighted by atomic mass is 16.3. The highest BCUT2D eigenvalue weighted by molar-refractivity contribution is 6.18. The first-order valence-corrected chi connectivity index (χ1v) is 15.7. The summed E-state index contributed by atoms with van der Waals surface area (Å²) in [4.78, 5) is 11.7. The lowest BCUT2D eigenvalue weighted by atomic mass is 9.97. The van der Waals surface area contributed by atoms with Gasteiger partial charge in [-0.3, -0.25) is 4.90 Å². The lowest BCUT2D eigenvalue weighted by Crippen LogP contribution is -2.11. The van der Waals surface area contributed by atoms with E-state index in [1.165, 1.54) is 32.3 Å². The topological polar surface area (TPSA) is 55.3 Å². The van der Waals surface area contributed by atoms with E-state index in [0.29, 0.717) is 5.89 Å². The summed E-state index contributed by atoms with van der Waals surface area (Å²) in [5.74, 6) is 1.40. The molecule has 0 unspecified atom stereocenters. The Labute approximate surface area is 268 Å². The van der Waals surface area contributed by atoms with Gasteiger partial charge >= 0.3 is 0 Å². The van der Waals surface area contributed by atoms with Gasteiger partial charge in [-0.2, -0.15) is 0 Å². The fourth-order valence-electron chi connectivity index (χ4n) is 6.97. The van der Waals surface area contributed by atoms with Crippen LogP contribution in [0, 0.1) is 0 Å². The average Bonchev–Trinajstić information content (AvgIpc) is 3.73. The number of fused-ring (bicyclic) bond motifs is 9. The van der Waals surface area contributed by atoms with Crippen molar-refractivity contribution in [3.8, 4) is 11.5 Å². The molecule has 47 heavy (non-hydrogen) atoms. The van der Waals surface area contributed by atoms with Gasteiger partial charge in [-0.15, -0.1) is 0 Å². The first-order valence-electron chi connectivity index (χ1n) is 15.7. The summed E-state index contributed by atoms with van der Waals surface area (Å²) < 4.78 is 12.7. The summed E-state index contributed by atoms with van der Waals surface area (Å²) >= 11 is 0. The van der Waals surface area contributed by atoms with E-state index in [0.717, 1.165) is 55.8 Å². The van der Waals surface area contributed by atoms with Crippen molar-refractivity contribution in [3.63, 3.8) is 0 Å². The number of pyridine rings is 1. The van der Waals surface area contributed by atoms with Crippen LogP contribution in [0.4, 0.5) is 17.2 Å². The van der Waals surface area contributed by atoms with E-state index in [-0.39, 0.29) is 0 Å². The number of hydrogen-bond acceptors (Lipinski definition) is 5. The maximum atomic E-state index is 6.49. The number of aromatic nitrogens is 2. The fourth-order valence-corrected chi connectivity index (χ4v) is 6.97. The van der Waals surface area contributed by atoms with E-state index in [1.807, 2.05) is 66.9 Å². The third-order valence-electron chi connectivity index (χ3n) is 9.13. The number of furan rings is 1. The van der Waals surface area contributed by atoms with Crippen LogP contribution in [0.25, 0.3) is 76.8 Å². The molecular formula is C42H25N3O2. The lowest BCUT2D eigenvalue weighted by molar-refractivity contribution is 0.620. The molecular weight excluding hydrogens is 578 g/mol. The second-order valence-corrected chi connectivity index (χ2v) is 11.8. The zero-order chi connectivity index (χ0) is 30.9. The third kappa shape index (κ3) is 4.03. The number of hydrogen-bond donors (Lipinski definition) is 0. The molecule has 0 atom stereocenters. The van der Waals surface area contributed by atoms with Crippen LogP contribution in [0.1, 0.15) is 0 Å². The van der Waals surface area contributed by atoms with Crippen LogP contribution in [0.2, 0.25) is 0 Å². The van der Waals surface area contributed by atoms with Crippen molar-refractivity contribution in [2.45, 2.75) is 0 Å². The van der Waals surface area contributed by atoms with Crippen LogP contribution < -0.4 is 4.90 Å². The highest BCUT2D eigenvalue weighted by Gasteiger charge is 2.20. The first kappa shape index (κ1) is 25.8. The van der Waals surface area contributed by atoms with E-state index in [9.17, 15) is 0 Å². The Kier molecular flexibility index (Phi) is 5.51. The molecule has 0 spiro atoms. The van der Waals surface area contributed by atoms with Gasteiger partial charge in [0.1, 0.15) is 22.5 Å². The van der Waals surface area contributed by atoms with E-state index in [1.54, 1.807) is 0 Å². The Bertz CT molecular complexity index is 2780. The molecule has 0 aliphatic carbocycles. The number of oxazole rings is 1. The number of para-hydroxylation sites is 2. The van der Waals surface area contributed by atoms with Crippen LogP contribution in [-0.2, 0) is 0 Å². The van der Waals surface area contributed by atoms with Crippen molar-refractivity contribution in [1.29, 1.82) is 0 Å². The largest absolute Gasteiger partial charge is 0.456 e. The number of anilines is 3. The Hall–Kier alpha value is -6.46. The normalized spacial score (nSPS) is 11.8. The number of rotatable bonds is 4. The molecule has 5 heteroatoms. The van der Waals surface area contributed by atoms with E-state index < -0.39 is 0 Å². The van der Waals surface area contributed by atoms with Gasteiger partial charge in [0, 0.05) is 34.3 Å². The minimum Gasteiger partial charge on any atom is -0.456 e. The molecule has 10 rings (SSSR count). The standard InChI is InChI=1S/C42H25N3O2/c1-2-9-30-26(8-1)15-19-33-31-21-17-28(24-27(31)16-20-32(30)33)45(40-14-5-6-23-43-40)29-18-22-34-39(25-29)46-38-13-7-10-35(41(34)38)42-44-36-11-3-4-12-37(36)47-42/h1-25H. The van der Waals surface area contributed by atoms with Gasteiger partial charge in [-0.25, -0.2) is 9.97 Å². The van der Waals surface area contributed by atoms with Crippen LogP contribution in [0.15, 0.2) is 161 Å². The Morgan fingerprint density at radius 1 is 0.468 bits per heavy atom. The molecule has 7 aromatic carbocycles. The van der Waals surface area contributed by atoms with Gasteiger partial charge in [0.25, 0.3) is 0 Å². The van der Waals surface area contributed by atoms with E-state index in [2.05, 4.69) is 89.8 Å². The summed E-state index contributed by atoms with van der Waals surface area (Å²) in [6.07, 6.45) is 1.83. The van der Waals surface area contributed by atoms with E-state index >= 15 is 0 Å². The second kappa shape index (κ2) is 10.0. The van der Waals surface area contributed by atoms with Crippen molar-refractivity contribution < 1.29 is 8.83 Å². The van der Waals surface area contributed by atoms with Crippen molar-refractivity contribution in [3.05, 3.63) is 152 Å². The first-order chi connectivity index (χ1) is 23.3. The van der Waals surface area contributed by atoms with Gasteiger partial charge < -0.3 is 8.83 Å². The molecule has 5 nitrogen and oxygen atoms in total. The fraction of sp³-hybridized carbons (Fsp3) is 0. The molecule has 0 aliphatic rings. The van der Waals surface area contributed by atoms with Crippen LogP contribution in [0.5, 0.6) is 0 Å². The molecule has 0 saturated heterocycles. The van der Waals surface area contributed by atoms with Crippen LogP contribution >= 0.6 is 0 Å². The Morgan fingerprint density at radius 2 is 1.19 bits per heavy atom. The number of nitrogens with zero attached hydrogens (tertiary/aromatic N) is 3. The Morgan fingerprint density at radius 3 is 2.06 bits per heavy atom. The monoisotopic (exact) mass is 603 g/mol. The number of benzene rings is 7. The smallest absolute Gasteiger partial charge is 0.228 e. The predicted molar refractivity (Wildman–Crippen MR) is 192 cm³/mol. The molecule has 3 aromatic heterocycles. The summed E-state index contributed by atoms with van der Waals surface area (Å²) in [7, 11) is 0. The molecule has 0 fully saturated rings. The van der Waals surface area contributed by atoms with Crippen LogP contribution in [-0.4, -0.2) is 9.97 Å². The minimum atomic E-state index is 0.579. The summed E-state index contributed by atoms with van der Waals surface area (Å²) in [6.45, 7) is 0. The SMILES string of the molecule is c1ccc(N(c2ccc3c(ccc4c5ccccc5ccc34)c2)c2ccc3c(c2)oc2cccc(-c4nc5ccccc5o4)c23)nc1. The van der Waals surface area contributed by atoms with Crippen molar-refractivity contribution in [2.24, 2.45) is 0 Å². The summed E-state index contributed by atoms with van der Waals surface area (Å²) in [5, 5.41) is 9.39. The molecule has 220 valence electrons. The minimum absolute atomic E-state index is 0.579. The quantitative estimate of drug-likeness (QED) is 0.187. The zero-order valence-electron chi connectivity index (χ0n) is 25.1. The molecule has 3 heterocycles. The van der Waals surface area contributed by atoms with Gasteiger partial charge in [0.15, 0.2) is 5.58 Å². The lowest BCUT2D eigenvalue weighted by Gasteiger charge is -2.24. The van der Waals surface area contributed by atoms with Crippen molar-refractivity contribution in [1.82, 2.24) is 9.97 Å². The van der Waals surface area contributed by atoms with Crippen LogP contribution in [0.3, 0.4) is 0 Å². The summed E-state index contributed by atoms with van der Waals surface area (Å²) in [6, 6.07) is 50.3. The third-order valence-corrected chi connectivity index (χ3v) is 9.13. The molecule has 0 amide bonds. The molecule has 0 N–H and O–H groups in total. The molecule has 0 radical (unpaired) electrons. The zero-order valence-corrected chi connectivity index (χ0v) is 25.1. The van der Waals surface area contributed by atoms with Crippen molar-refractivity contribution >= 4 is 82.5 Å². The highest BCUT2D eigenvalue weighted by Crippen LogP contribution is 2.42. The average molecular weight is 604 g/mol. The molecule has 10 aromatic rings. The Balaban J connectivity index is 1.13. The van der Waals surface area contributed by atoms with Gasteiger partial charge in [-0.1, -0.05) is 78.9 Å². The maximum Gasteiger partial charge on any atom is 0.228 e. The van der Waals surface area contributed by atoms with Gasteiger partial charge in [0.2, 0.25) is 5.89 Å². The molecule has 0 aliphatic heterocycles. The second-order valence-electron chi connectivity index (χ2n) is 11.8.